The third-order valence-electron chi connectivity index (χ3n) is 4.54. The maximum absolute atomic E-state index is 11.7. The predicted molar refractivity (Wildman–Crippen MR) is 100 cm³/mol. The van der Waals surface area contributed by atoms with Gasteiger partial charge in [-0.05, 0) is 41.3 Å². The summed E-state index contributed by atoms with van der Waals surface area (Å²) >= 11 is 0. The first kappa shape index (κ1) is 15.5. The van der Waals surface area contributed by atoms with E-state index in [0.29, 0.717) is 17.3 Å². The van der Waals surface area contributed by atoms with Crippen molar-refractivity contribution in [3.63, 3.8) is 0 Å². The number of hydrogen-bond donors (Lipinski definition) is 1. The molecule has 0 bridgehead atoms. The molecule has 0 atom stereocenters. The minimum absolute atomic E-state index is 0.100. The average Bonchev–Trinajstić information content (AvgIpc) is 2.59. The molecule has 1 heterocycles. The Balaban J connectivity index is 2.07. The van der Waals surface area contributed by atoms with Gasteiger partial charge in [0.05, 0.1) is 0 Å². The van der Waals surface area contributed by atoms with Crippen molar-refractivity contribution in [2.75, 3.05) is 0 Å². The van der Waals surface area contributed by atoms with E-state index in [9.17, 15) is 9.90 Å². The summed E-state index contributed by atoms with van der Waals surface area (Å²) in [5.41, 5.74) is 4.68. The second kappa shape index (κ2) is 5.78. The molecule has 0 fully saturated rings. The van der Waals surface area contributed by atoms with E-state index >= 15 is 0 Å². The van der Waals surface area contributed by atoms with Gasteiger partial charge < -0.3 is 9.52 Å². The van der Waals surface area contributed by atoms with E-state index in [1.807, 2.05) is 6.07 Å². The van der Waals surface area contributed by atoms with Crippen molar-refractivity contribution in [3.05, 3.63) is 76.5 Å². The van der Waals surface area contributed by atoms with Crippen LogP contribution in [0.4, 0.5) is 0 Å². The third-order valence-corrected chi connectivity index (χ3v) is 4.54. The van der Waals surface area contributed by atoms with Gasteiger partial charge in [0, 0.05) is 28.6 Å². The van der Waals surface area contributed by atoms with E-state index < -0.39 is 0 Å². The molecule has 124 valence electrons. The van der Waals surface area contributed by atoms with Crippen LogP contribution in [0.1, 0.15) is 25.3 Å². The van der Waals surface area contributed by atoms with Crippen LogP contribution in [-0.2, 0) is 0 Å². The Morgan fingerprint density at radius 2 is 1.68 bits per heavy atom. The lowest BCUT2D eigenvalue weighted by atomic mass is 9.92. The minimum Gasteiger partial charge on any atom is -0.508 e. The van der Waals surface area contributed by atoms with E-state index in [4.69, 9.17) is 4.42 Å². The number of rotatable bonds is 2. The summed E-state index contributed by atoms with van der Waals surface area (Å²) in [6, 6.07) is 18.4. The summed E-state index contributed by atoms with van der Waals surface area (Å²) in [5, 5.41) is 10.7. The molecule has 0 unspecified atom stereocenters. The molecule has 25 heavy (non-hydrogen) atoms. The van der Waals surface area contributed by atoms with Gasteiger partial charge >= 0.3 is 0 Å². The lowest BCUT2D eigenvalue weighted by molar-refractivity contribution is 0.474. The Hall–Kier alpha value is -3.07. The van der Waals surface area contributed by atoms with Gasteiger partial charge in [-0.25, -0.2) is 0 Å². The third kappa shape index (κ3) is 2.68. The molecule has 4 rings (SSSR count). The molecular formula is C22H18O3. The first-order chi connectivity index (χ1) is 12.0. The molecule has 2 aliphatic rings. The monoisotopic (exact) mass is 330 g/mol. The molecule has 0 spiro atoms. The fourth-order valence-electron chi connectivity index (χ4n) is 3.20. The molecule has 0 saturated heterocycles. The summed E-state index contributed by atoms with van der Waals surface area (Å²) in [6.45, 7) is 4.33. The summed E-state index contributed by atoms with van der Waals surface area (Å²) in [5.74, 6) is 1.12. The zero-order valence-electron chi connectivity index (χ0n) is 14.1. The summed E-state index contributed by atoms with van der Waals surface area (Å²) in [4.78, 5) is 11.7. The first-order valence-corrected chi connectivity index (χ1v) is 8.33. The fourth-order valence-corrected chi connectivity index (χ4v) is 3.20. The highest BCUT2D eigenvalue weighted by Gasteiger charge is 2.17. The van der Waals surface area contributed by atoms with E-state index in [0.717, 1.165) is 22.1 Å². The first-order valence-electron chi connectivity index (χ1n) is 8.33. The van der Waals surface area contributed by atoms with Gasteiger partial charge in [0.25, 0.3) is 0 Å². The Labute approximate surface area is 145 Å². The molecule has 1 aliphatic carbocycles. The van der Waals surface area contributed by atoms with Gasteiger partial charge in [0.1, 0.15) is 17.1 Å². The fraction of sp³-hybridized carbons (Fsp3) is 0.136. The van der Waals surface area contributed by atoms with Crippen molar-refractivity contribution in [2.45, 2.75) is 19.8 Å². The molecule has 3 nitrogen and oxygen atoms in total. The van der Waals surface area contributed by atoms with E-state index in [1.165, 1.54) is 11.6 Å². The van der Waals surface area contributed by atoms with Crippen LogP contribution in [-0.4, -0.2) is 5.11 Å². The molecule has 0 saturated carbocycles. The molecule has 0 amide bonds. The Morgan fingerprint density at radius 3 is 2.40 bits per heavy atom. The maximum Gasteiger partial charge on any atom is 0.182 e. The van der Waals surface area contributed by atoms with Crippen LogP contribution in [0.25, 0.3) is 33.4 Å². The van der Waals surface area contributed by atoms with Crippen molar-refractivity contribution in [1.29, 1.82) is 0 Å². The molecule has 0 radical (unpaired) electrons. The lowest BCUT2D eigenvalue weighted by Gasteiger charge is -2.16. The standard InChI is InChI=1S/C22H18O3/c1-13(2)14-3-5-15(6-4-14)22-18-9-7-16(23)11-20(18)25-21-12-17(24)8-10-19(21)22/h3-13,23H,1-2H3. The predicted octanol–water partition coefficient (Wildman–Crippen LogP) is 5.39. The number of aromatic hydroxyl groups is 1. The van der Waals surface area contributed by atoms with Crippen LogP contribution in [0, 0.1) is 0 Å². The molecule has 2 aromatic carbocycles. The number of benzene rings is 3. The van der Waals surface area contributed by atoms with E-state index in [1.54, 1.807) is 24.3 Å². The number of phenols is 1. The van der Waals surface area contributed by atoms with E-state index in [-0.39, 0.29) is 11.2 Å². The van der Waals surface area contributed by atoms with Gasteiger partial charge in [0.15, 0.2) is 5.43 Å². The largest absolute Gasteiger partial charge is 0.508 e. The van der Waals surface area contributed by atoms with Crippen molar-refractivity contribution in [3.8, 4) is 28.2 Å². The second-order valence-electron chi connectivity index (χ2n) is 6.59. The molecule has 0 aromatic heterocycles. The van der Waals surface area contributed by atoms with Gasteiger partial charge in [-0.2, -0.15) is 0 Å². The van der Waals surface area contributed by atoms with E-state index in [2.05, 4.69) is 38.1 Å². The number of phenolic OH excluding ortho intramolecular Hbond substituents is 1. The van der Waals surface area contributed by atoms with Crippen LogP contribution >= 0.6 is 0 Å². The zero-order valence-corrected chi connectivity index (χ0v) is 14.1. The minimum atomic E-state index is -0.100. The van der Waals surface area contributed by atoms with Gasteiger partial charge in [-0.3, -0.25) is 4.79 Å². The Bertz CT molecular complexity index is 1090. The summed E-state index contributed by atoms with van der Waals surface area (Å²) < 4.78 is 5.87. The van der Waals surface area contributed by atoms with Crippen molar-refractivity contribution in [1.82, 2.24) is 0 Å². The second-order valence-corrected chi connectivity index (χ2v) is 6.59. The van der Waals surface area contributed by atoms with Crippen LogP contribution in [0.15, 0.2) is 69.9 Å². The molecular weight excluding hydrogens is 312 g/mol. The SMILES string of the molecule is CC(C)c1ccc(-c2c3ccc(=O)cc-3oc3cc(O)ccc23)cc1. The van der Waals surface area contributed by atoms with Crippen molar-refractivity contribution >= 4 is 11.0 Å². The van der Waals surface area contributed by atoms with Crippen LogP contribution < -0.4 is 5.43 Å². The van der Waals surface area contributed by atoms with Crippen LogP contribution in [0.3, 0.4) is 0 Å². The normalized spacial score (nSPS) is 11.5. The quantitative estimate of drug-likeness (QED) is 0.501. The topological polar surface area (TPSA) is 50.4 Å². The summed E-state index contributed by atoms with van der Waals surface area (Å²) in [7, 11) is 0. The van der Waals surface area contributed by atoms with Gasteiger partial charge in [0.2, 0.25) is 0 Å². The smallest absolute Gasteiger partial charge is 0.182 e. The highest BCUT2D eigenvalue weighted by atomic mass is 16.3. The average molecular weight is 330 g/mol. The Kier molecular flexibility index (Phi) is 3.57. The van der Waals surface area contributed by atoms with Gasteiger partial charge in [-0.1, -0.05) is 38.1 Å². The van der Waals surface area contributed by atoms with Crippen molar-refractivity contribution in [2.24, 2.45) is 0 Å². The zero-order chi connectivity index (χ0) is 17.6. The summed E-state index contributed by atoms with van der Waals surface area (Å²) in [6.07, 6.45) is 0. The van der Waals surface area contributed by atoms with Crippen LogP contribution in [0.5, 0.6) is 5.75 Å². The Morgan fingerprint density at radius 1 is 0.920 bits per heavy atom. The highest BCUT2D eigenvalue weighted by molar-refractivity contribution is 6.02. The molecule has 2 aromatic rings. The number of hydrogen-bond acceptors (Lipinski definition) is 3. The van der Waals surface area contributed by atoms with Crippen molar-refractivity contribution < 1.29 is 9.52 Å². The molecule has 1 aliphatic heterocycles. The molecule has 1 N–H and O–H groups in total. The number of fused-ring (bicyclic) bond motifs is 2. The van der Waals surface area contributed by atoms with Gasteiger partial charge in [-0.15, -0.1) is 0 Å². The molecule has 3 heteroatoms. The van der Waals surface area contributed by atoms with Crippen LogP contribution in [0.2, 0.25) is 0 Å². The lowest BCUT2D eigenvalue weighted by Crippen LogP contribution is -1.99. The maximum atomic E-state index is 11.7. The highest BCUT2D eigenvalue weighted by Crippen LogP contribution is 2.40.